The molecule has 0 heterocycles. The molecule has 32 heavy (non-hydrogen) atoms. The largest absolute Gasteiger partial charge is 0.481 e. The number of ether oxygens (including phenoxy) is 1. The van der Waals surface area contributed by atoms with Gasteiger partial charge in [-0.15, -0.1) is 0 Å². The molecule has 0 spiro atoms. The molecule has 0 amide bonds. The number of nitrogens with zero attached hydrogens (tertiary/aromatic N) is 1. The van der Waals surface area contributed by atoms with Gasteiger partial charge in [0.1, 0.15) is 6.61 Å². The van der Waals surface area contributed by atoms with Crippen LogP contribution >= 0.6 is 0 Å². The molecule has 0 bridgehead atoms. The third-order valence-corrected chi connectivity index (χ3v) is 5.70. The summed E-state index contributed by atoms with van der Waals surface area (Å²) in [4.78, 5) is 35.0. The number of carboxylic acid groups (broad SMARTS) is 1. The number of carbonyl (C=O) groups is 2. The minimum atomic E-state index is -1.70. The van der Waals surface area contributed by atoms with Crippen LogP contribution in [0.5, 0.6) is 0 Å². The summed E-state index contributed by atoms with van der Waals surface area (Å²) in [7, 11) is 0. The summed E-state index contributed by atoms with van der Waals surface area (Å²) < 4.78 is 5.45. The van der Waals surface area contributed by atoms with E-state index in [2.05, 4.69) is 0 Å². The molecule has 0 saturated heterocycles. The first-order valence-electron chi connectivity index (χ1n) is 9.96. The number of fused-ring (bicyclic) bond motifs is 3. The van der Waals surface area contributed by atoms with Crippen LogP contribution in [-0.4, -0.2) is 28.6 Å². The Hall–Kier alpha value is -4.04. The maximum absolute atomic E-state index is 12.8. The normalized spacial score (nSPS) is 14.2. The molecule has 2 atom stereocenters. The number of carbonyl (C=O) groups excluding carboxylic acids is 1. The van der Waals surface area contributed by atoms with Crippen LogP contribution in [0.25, 0.3) is 11.1 Å². The predicted molar refractivity (Wildman–Crippen MR) is 116 cm³/mol. The number of hydrogen-bond acceptors (Lipinski definition) is 6. The minimum absolute atomic E-state index is 0.0434. The van der Waals surface area contributed by atoms with Crippen molar-refractivity contribution in [2.75, 3.05) is 6.61 Å². The van der Waals surface area contributed by atoms with E-state index in [0.29, 0.717) is 0 Å². The molecule has 4 rings (SSSR count). The smallest absolute Gasteiger partial charge is 0.322 e. The van der Waals surface area contributed by atoms with Crippen LogP contribution in [0.2, 0.25) is 0 Å². The molecule has 1 unspecified atom stereocenters. The number of carboxylic acids is 1. The number of nitrogens with two attached hydrogens (primary N) is 1. The molecule has 3 aromatic carbocycles. The zero-order valence-corrected chi connectivity index (χ0v) is 16.9. The van der Waals surface area contributed by atoms with Crippen LogP contribution in [0.1, 0.15) is 28.7 Å². The SMILES string of the molecule is NC(c1cccc([N+](=O)[O-])c1)[C@H](C(=O)O)C(=O)OCC1c2ccccc2-c2ccccc21. The number of benzene rings is 3. The van der Waals surface area contributed by atoms with Gasteiger partial charge in [0.25, 0.3) is 5.69 Å². The molecule has 3 aromatic rings. The fourth-order valence-electron chi connectivity index (χ4n) is 4.13. The predicted octanol–water partition coefficient (Wildman–Crippen LogP) is 3.65. The van der Waals surface area contributed by atoms with Gasteiger partial charge >= 0.3 is 11.9 Å². The van der Waals surface area contributed by atoms with Crippen molar-refractivity contribution in [1.29, 1.82) is 0 Å². The summed E-state index contributed by atoms with van der Waals surface area (Å²) in [5, 5.41) is 20.7. The van der Waals surface area contributed by atoms with Crippen molar-refractivity contribution in [3.05, 3.63) is 99.6 Å². The highest BCUT2D eigenvalue weighted by molar-refractivity contribution is 5.95. The Morgan fingerprint density at radius 1 is 1.00 bits per heavy atom. The molecule has 8 heteroatoms. The van der Waals surface area contributed by atoms with Crippen molar-refractivity contribution in [2.45, 2.75) is 12.0 Å². The first kappa shape index (κ1) is 21.2. The number of aliphatic carboxylic acids is 1. The van der Waals surface area contributed by atoms with Crippen molar-refractivity contribution in [1.82, 2.24) is 0 Å². The third kappa shape index (κ3) is 3.83. The van der Waals surface area contributed by atoms with Crippen molar-refractivity contribution >= 4 is 17.6 Å². The van der Waals surface area contributed by atoms with Gasteiger partial charge in [0.05, 0.1) is 11.0 Å². The highest BCUT2D eigenvalue weighted by atomic mass is 16.6. The average molecular weight is 432 g/mol. The minimum Gasteiger partial charge on any atom is -0.481 e. The lowest BCUT2D eigenvalue weighted by Crippen LogP contribution is -2.36. The fraction of sp³-hybridized carbons (Fsp3) is 0.167. The van der Waals surface area contributed by atoms with Gasteiger partial charge in [-0.2, -0.15) is 0 Å². The summed E-state index contributed by atoms with van der Waals surface area (Å²) >= 11 is 0. The average Bonchev–Trinajstić information content (AvgIpc) is 3.11. The molecular weight excluding hydrogens is 412 g/mol. The molecule has 8 nitrogen and oxygen atoms in total. The van der Waals surface area contributed by atoms with Crippen LogP contribution < -0.4 is 5.73 Å². The van der Waals surface area contributed by atoms with Crippen LogP contribution in [0.15, 0.2) is 72.8 Å². The maximum Gasteiger partial charge on any atom is 0.322 e. The maximum atomic E-state index is 12.8. The van der Waals surface area contributed by atoms with Crippen molar-refractivity contribution in [3.63, 3.8) is 0 Å². The van der Waals surface area contributed by atoms with Crippen molar-refractivity contribution in [3.8, 4) is 11.1 Å². The quantitative estimate of drug-likeness (QED) is 0.252. The number of rotatable bonds is 7. The molecule has 3 N–H and O–H groups in total. The fourth-order valence-corrected chi connectivity index (χ4v) is 4.13. The third-order valence-electron chi connectivity index (χ3n) is 5.70. The number of nitro groups is 1. The first-order chi connectivity index (χ1) is 15.4. The van der Waals surface area contributed by atoms with Crippen molar-refractivity contribution < 1.29 is 24.4 Å². The standard InChI is InChI=1S/C24H20N2O6/c25-22(14-6-5-7-15(12-14)26(30)31)21(23(27)28)24(29)32-13-20-18-10-3-1-8-16(18)17-9-2-4-11-19(17)20/h1-12,20-22H,13,25H2,(H,27,28)/t21-,22?/m1/s1. The van der Waals surface area contributed by atoms with E-state index in [4.69, 9.17) is 10.5 Å². The van der Waals surface area contributed by atoms with E-state index in [1.807, 2.05) is 48.5 Å². The Morgan fingerprint density at radius 3 is 2.16 bits per heavy atom. The Morgan fingerprint density at radius 2 is 1.59 bits per heavy atom. The Balaban J connectivity index is 1.55. The molecule has 1 aliphatic rings. The molecule has 1 aliphatic carbocycles. The van der Waals surface area contributed by atoms with E-state index in [-0.39, 0.29) is 23.8 Å². The topological polar surface area (TPSA) is 133 Å². The lowest BCUT2D eigenvalue weighted by atomic mass is 9.93. The molecule has 0 radical (unpaired) electrons. The van der Waals surface area contributed by atoms with Gasteiger partial charge in [-0.3, -0.25) is 19.7 Å². The van der Waals surface area contributed by atoms with Gasteiger partial charge in [-0.1, -0.05) is 60.7 Å². The molecule has 0 aliphatic heterocycles. The number of hydrogen-bond donors (Lipinski definition) is 2. The molecular formula is C24H20N2O6. The highest BCUT2D eigenvalue weighted by Gasteiger charge is 2.37. The number of esters is 1. The van der Waals surface area contributed by atoms with Gasteiger partial charge in [-0.25, -0.2) is 0 Å². The van der Waals surface area contributed by atoms with E-state index in [1.54, 1.807) is 0 Å². The Kier molecular flexibility index (Phi) is 5.70. The van der Waals surface area contributed by atoms with Crippen molar-refractivity contribution in [2.24, 2.45) is 11.7 Å². The monoisotopic (exact) mass is 432 g/mol. The zero-order valence-electron chi connectivity index (χ0n) is 16.9. The zero-order chi connectivity index (χ0) is 22.8. The van der Waals surface area contributed by atoms with Gasteiger partial charge in [0.15, 0.2) is 5.92 Å². The van der Waals surface area contributed by atoms with E-state index >= 15 is 0 Å². The van der Waals surface area contributed by atoms with Gasteiger partial charge in [0.2, 0.25) is 0 Å². The summed E-state index contributed by atoms with van der Waals surface area (Å²) in [5.74, 6) is -4.38. The van der Waals surface area contributed by atoms with E-state index in [0.717, 1.165) is 28.3 Å². The highest BCUT2D eigenvalue weighted by Crippen LogP contribution is 2.44. The first-order valence-corrected chi connectivity index (χ1v) is 9.96. The number of nitro benzene ring substituents is 1. The Labute approximate surface area is 183 Å². The molecule has 0 saturated carbocycles. The van der Waals surface area contributed by atoms with Crippen LogP contribution in [0.4, 0.5) is 5.69 Å². The van der Waals surface area contributed by atoms with Gasteiger partial charge < -0.3 is 15.6 Å². The van der Waals surface area contributed by atoms with E-state index in [9.17, 15) is 24.8 Å². The summed E-state index contributed by atoms with van der Waals surface area (Å²) in [6, 6.07) is 19.5. The second-order valence-corrected chi connectivity index (χ2v) is 7.55. The van der Waals surface area contributed by atoms with Gasteiger partial charge in [0, 0.05) is 18.1 Å². The van der Waals surface area contributed by atoms with Crippen LogP contribution in [0.3, 0.4) is 0 Å². The summed E-state index contributed by atoms with van der Waals surface area (Å²) in [6.07, 6.45) is 0. The lowest BCUT2D eigenvalue weighted by molar-refractivity contribution is -0.384. The summed E-state index contributed by atoms with van der Waals surface area (Å²) in [5.41, 5.74) is 10.1. The van der Waals surface area contributed by atoms with Gasteiger partial charge in [-0.05, 0) is 27.8 Å². The van der Waals surface area contributed by atoms with Crippen LogP contribution in [0, 0.1) is 16.0 Å². The second-order valence-electron chi connectivity index (χ2n) is 7.55. The Bertz CT molecular complexity index is 1160. The van der Waals surface area contributed by atoms with E-state index < -0.39 is 28.8 Å². The molecule has 0 fully saturated rings. The van der Waals surface area contributed by atoms with E-state index in [1.165, 1.54) is 18.2 Å². The molecule has 162 valence electrons. The second kappa shape index (κ2) is 8.60. The van der Waals surface area contributed by atoms with Crippen LogP contribution in [-0.2, 0) is 14.3 Å². The molecule has 0 aromatic heterocycles. The lowest BCUT2D eigenvalue weighted by Gasteiger charge is -2.21. The number of non-ortho nitro benzene ring substituents is 1. The summed E-state index contributed by atoms with van der Waals surface area (Å²) in [6.45, 7) is -0.0434.